The van der Waals surface area contributed by atoms with Crippen LogP contribution in [-0.4, -0.2) is 19.2 Å². The third kappa shape index (κ3) is 3.78. The molecule has 2 atom stereocenters. The quantitative estimate of drug-likeness (QED) is 0.805. The molecule has 1 aliphatic heterocycles. The molecule has 20 heavy (non-hydrogen) atoms. The predicted octanol–water partition coefficient (Wildman–Crippen LogP) is 4.54. The Kier molecular flexibility index (Phi) is 5.53. The van der Waals surface area contributed by atoms with Gasteiger partial charge in [-0.25, -0.2) is 4.39 Å². The molecule has 112 valence electrons. The zero-order chi connectivity index (χ0) is 14.7. The molecule has 0 spiro atoms. The fourth-order valence-corrected chi connectivity index (χ4v) is 2.91. The number of halogens is 3. The van der Waals surface area contributed by atoms with Gasteiger partial charge in [0.15, 0.2) is 11.6 Å². The van der Waals surface area contributed by atoms with E-state index in [1.807, 2.05) is 0 Å². The highest BCUT2D eigenvalue weighted by Gasteiger charge is 2.29. The summed E-state index contributed by atoms with van der Waals surface area (Å²) in [5, 5.41) is 3.79. The molecule has 0 amide bonds. The summed E-state index contributed by atoms with van der Waals surface area (Å²) in [6.45, 7) is 6.15. The first-order valence-electron chi connectivity index (χ1n) is 7.00. The molecule has 1 fully saturated rings. The highest BCUT2D eigenvalue weighted by atomic mass is 35.5. The largest absolute Gasteiger partial charge is 0.485 e. The van der Waals surface area contributed by atoms with Crippen LogP contribution in [0.4, 0.5) is 4.39 Å². The van der Waals surface area contributed by atoms with Crippen LogP contribution in [0.5, 0.6) is 5.75 Å². The van der Waals surface area contributed by atoms with Crippen molar-refractivity contribution in [1.29, 1.82) is 0 Å². The van der Waals surface area contributed by atoms with Crippen molar-refractivity contribution >= 4 is 23.2 Å². The number of hydrogen-bond donors (Lipinski definition) is 1. The minimum atomic E-state index is -0.459. The first kappa shape index (κ1) is 15.9. The van der Waals surface area contributed by atoms with E-state index < -0.39 is 5.82 Å². The van der Waals surface area contributed by atoms with Crippen molar-refractivity contribution in [3.63, 3.8) is 0 Å². The maximum Gasteiger partial charge on any atom is 0.175 e. The van der Waals surface area contributed by atoms with Crippen LogP contribution in [0.25, 0.3) is 0 Å². The van der Waals surface area contributed by atoms with Gasteiger partial charge in [0, 0.05) is 12.5 Å². The van der Waals surface area contributed by atoms with Gasteiger partial charge in [0.2, 0.25) is 0 Å². The van der Waals surface area contributed by atoms with Gasteiger partial charge in [-0.15, -0.1) is 0 Å². The van der Waals surface area contributed by atoms with Crippen molar-refractivity contribution in [1.82, 2.24) is 5.32 Å². The Bertz CT molecular complexity index is 461. The SMILES string of the molecule is CC(C)C[C@H](Oc1c(F)ccc(Cl)c1Cl)C1CCNC1. The van der Waals surface area contributed by atoms with Gasteiger partial charge in [-0.05, 0) is 37.4 Å². The number of rotatable bonds is 5. The predicted molar refractivity (Wildman–Crippen MR) is 81.3 cm³/mol. The molecule has 1 aromatic carbocycles. The Labute approximate surface area is 129 Å². The normalized spacial score (nSPS) is 20.4. The highest BCUT2D eigenvalue weighted by molar-refractivity contribution is 6.42. The van der Waals surface area contributed by atoms with Crippen LogP contribution in [0.3, 0.4) is 0 Å². The van der Waals surface area contributed by atoms with E-state index in [1.165, 1.54) is 12.1 Å². The summed E-state index contributed by atoms with van der Waals surface area (Å²) in [4.78, 5) is 0. The first-order valence-corrected chi connectivity index (χ1v) is 7.75. The number of benzene rings is 1. The van der Waals surface area contributed by atoms with E-state index in [4.69, 9.17) is 27.9 Å². The van der Waals surface area contributed by atoms with E-state index in [9.17, 15) is 4.39 Å². The Hall–Kier alpha value is -0.510. The van der Waals surface area contributed by atoms with Crippen LogP contribution in [0, 0.1) is 17.7 Å². The molecule has 5 heteroatoms. The molecule has 1 aliphatic rings. The van der Waals surface area contributed by atoms with Gasteiger partial charge < -0.3 is 10.1 Å². The lowest BCUT2D eigenvalue weighted by molar-refractivity contribution is 0.114. The number of ether oxygens (including phenoxy) is 1. The fraction of sp³-hybridized carbons (Fsp3) is 0.600. The van der Waals surface area contributed by atoms with Crippen LogP contribution in [0.15, 0.2) is 12.1 Å². The van der Waals surface area contributed by atoms with E-state index in [2.05, 4.69) is 19.2 Å². The second-order valence-corrected chi connectivity index (χ2v) is 6.50. The Morgan fingerprint density at radius 2 is 2.15 bits per heavy atom. The molecule has 2 rings (SSSR count). The molecule has 0 aromatic heterocycles. The Morgan fingerprint density at radius 3 is 2.75 bits per heavy atom. The van der Waals surface area contributed by atoms with Crippen molar-refractivity contribution in [2.24, 2.45) is 11.8 Å². The molecule has 1 aromatic rings. The summed E-state index contributed by atoms with van der Waals surface area (Å²) in [7, 11) is 0. The van der Waals surface area contributed by atoms with Gasteiger partial charge in [0.05, 0.1) is 5.02 Å². The smallest absolute Gasteiger partial charge is 0.175 e. The second kappa shape index (κ2) is 6.97. The molecule has 0 bridgehead atoms. The summed E-state index contributed by atoms with van der Waals surface area (Å²) in [5.41, 5.74) is 0. The highest BCUT2D eigenvalue weighted by Crippen LogP contribution is 2.36. The average molecular weight is 320 g/mol. The van der Waals surface area contributed by atoms with Crippen LogP contribution < -0.4 is 10.1 Å². The van der Waals surface area contributed by atoms with Gasteiger partial charge in [-0.2, -0.15) is 0 Å². The van der Waals surface area contributed by atoms with Gasteiger partial charge in [-0.3, -0.25) is 0 Å². The third-order valence-electron chi connectivity index (χ3n) is 3.60. The summed E-state index contributed by atoms with van der Waals surface area (Å²) >= 11 is 12.0. The summed E-state index contributed by atoms with van der Waals surface area (Å²) < 4.78 is 19.9. The Morgan fingerprint density at radius 1 is 1.40 bits per heavy atom. The standard InChI is InChI=1S/C15H20Cl2FNO/c1-9(2)7-13(10-5-6-19-8-10)20-15-12(18)4-3-11(16)14(15)17/h3-4,9-10,13,19H,5-8H2,1-2H3/t10?,13-/m0/s1. The van der Waals surface area contributed by atoms with Crippen LogP contribution in [0.1, 0.15) is 26.7 Å². The average Bonchev–Trinajstić information content (AvgIpc) is 2.91. The second-order valence-electron chi connectivity index (χ2n) is 5.71. The molecule has 1 heterocycles. The molecular weight excluding hydrogens is 300 g/mol. The van der Waals surface area contributed by atoms with Crippen molar-refractivity contribution < 1.29 is 9.13 Å². The minimum Gasteiger partial charge on any atom is -0.485 e. The Balaban J connectivity index is 2.20. The van der Waals surface area contributed by atoms with E-state index in [0.717, 1.165) is 25.9 Å². The van der Waals surface area contributed by atoms with E-state index in [0.29, 0.717) is 16.9 Å². The summed E-state index contributed by atoms with van der Waals surface area (Å²) in [6.07, 6.45) is 1.86. The maximum atomic E-state index is 13.9. The molecule has 0 radical (unpaired) electrons. The fourth-order valence-electron chi connectivity index (χ4n) is 2.56. The third-order valence-corrected chi connectivity index (χ3v) is 4.39. The van der Waals surface area contributed by atoms with E-state index >= 15 is 0 Å². The number of nitrogens with one attached hydrogen (secondary N) is 1. The molecule has 1 unspecified atom stereocenters. The lowest BCUT2D eigenvalue weighted by Gasteiger charge is -2.26. The van der Waals surface area contributed by atoms with E-state index in [1.54, 1.807) is 0 Å². The van der Waals surface area contributed by atoms with E-state index in [-0.39, 0.29) is 16.9 Å². The lowest BCUT2D eigenvalue weighted by atomic mass is 9.93. The number of hydrogen-bond acceptors (Lipinski definition) is 2. The van der Waals surface area contributed by atoms with Crippen LogP contribution >= 0.6 is 23.2 Å². The van der Waals surface area contributed by atoms with Crippen LogP contribution in [-0.2, 0) is 0 Å². The lowest BCUT2D eigenvalue weighted by Crippen LogP contribution is -2.30. The monoisotopic (exact) mass is 319 g/mol. The summed E-state index contributed by atoms with van der Waals surface area (Å²) in [6, 6.07) is 2.74. The van der Waals surface area contributed by atoms with Gasteiger partial charge in [0.1, 0.15) is 11.1 Å². The molecule has 0 aliphatic carbocycles. The van der Waals surface area contributed by atoms with Crippen molar-refractivity contribution in [3.8, 4) is 5.75 Å². The minimum absolute atomic E-state index is 0.0459. The molecular formula is C15H20Cl2FNO. The van der Waals surface area contributed by atoms with Crippen LogP contribution in [0.2, 0.25) is 10.0 Å². The molecule has 1 N–H and O–H groups in total. The first-order chi connectivity index (χ1) is 9.49. The summed E-state index contributed by atoms with van der Waals surface area (Å²) in [5.74, 6) is 0.476. The topological polar surface area (TPSA) is 21.3 Å². The van der Waals surface area contributed by atoms with Gasteiger partial charge in [0.25, 0.3) is 0 Å². The maximum absolute atomic E-state index is 13.9. The van der Waals surface area contributed by atoms with Gasteiger partial charge >= 0.3 is 0 Å². The molecule has 1 saturated heterocycles. The van der Waals surface area contributed by atoms with Crippen molar-refractivity contribution in [3.05, 3.63) is 28.0 Å². The van der Waals surface area contributed by atoms with Crippen molar-refractivity contribution in [2.45, 2.75) is 32.8 Å². The zero-order valence-electron chi connectivity index (χ0n) is 11.8. The van der Waals surface area contributed by atoms with Gasteiger partial charge in [-0.1, -0.05) is 37.0 Å². The van der Waals surface area contributed by atoms with Crippen molar-refractivity contribution in [2.75, 3.05) is 13.1 Å². The molecule has 0 saturated carbocycles. The zero-order valence-corrected chi connectivity index (χ0v) is 13.3. The molecule has 2 nitrogen and oxygen atoms in total.